The summed E-state index contributed by atoms with van der Waals surface area (Å²) in [7, 11) is 4.11. The molecule has 1 N–H and O–H groups in total. The lowest BCUT2D eigenvalue weighted by atomic mass is 10.0. The molecule has 3 rings (SSSR count). The number of nitrogens with zero attached hydrogens (tertiary/aromatic N) is 1. The Kier molecular flexibility index (Phi) is 3.66. The van der Waals surface area contributed by atoms with Crippen LogP contribution in [0.3, 0.4) is 0 Å². The van der Waals surface area contributed by atoms with Crippen LogP contribution in [-0.4, -0.2) is 38.1 Å². The summed E-state index contributed by atoms with van der Waals surface area (Å²) in [6.07, 6.45) is 3.08. The Labute approximate surface area is 120 Å². The third-order valence-electron chi connectivity index (χ3n) is 4.14. The number of carbonyl (C=O) groups is 1. The van der Waals surface area contributed by atoms with Crippen LogP contribution in [0.25, 0.3) is 0 Å². The largest absolute Gasteiger partial charge is 0.493 e. The maximum atomic E-state index is 11.8. The van der Waals surface area contributed by atoms with E-state index in [1.807, 2.05) is 0 Å². The summed E-state index contributed by atoms with van der Waals surface area (Å²) in [5.41, 5.74) is 2.53. The van der Waals surface area contributed by atoms with Gasteiger partial charge in [0.2, 0.25) is 5.91 Å². The molecule has 20 heavy (non-hydrogen) atoms. The van der Waals surface area contributed by atoms with Gasteiger partial charge in [0.05, 0.1) is 12.6 Å². The highest BCUT2D eigenvalue weighted by molar-refractivity contribution is 5.80. The predicted octanol–water partition coefficient (Wildman–Crippen LogP) is 1.75. The lowest BCUT2D eigenvalue weighted by molar-refractivity contribution is -0.122. The number of benzene rings is 1. The summed E-state index contributed by atoms with van der Waals surface area (Å²) in [5.74, 6) is 1.49. The molecule has 1 aliphatic heterocycles. The molecule has 1 aliphatic carbocycles. The first-order valence-corrected chi connectivity index (χ1v) is 7.35. The Balaban J connectivity index is 1.70. The first kappa shape index (κ1) is 13.4. The molecule has 1 fully saturated rings. The molecule has 4 heteroatoms. The zero-order chi connectivity index (χ0) is 14.1. The van der Waals surface area contributed by atoms with E-state index < -0.39 is 0 Å². The lowest BCUT2D eigenvalue weighted by Gasteiger charge is -2.25. The van der Waals surface area contributed by atoms with Crippen molar-refractivity contribution in [1.82, 2.24) is 10.2 Å². The van der Waals surface area contributed by atoms with Gasteiger partial charge in [-0.3, -0.25) is 4.79 Å². The van der Waals surface area contributed by atoms with E-state index in [9.17, 15) is 4.79 Å². The van der Waals surface area contributed by atoms with Gasteiger partial charge in [-0.15, -0.1) is 0 Å². The number of likely N-dealkylation sites (N-methyl/N-ethyl adjacent to an activating group) is 1. The molecule has 0 bridgehead atoms. The summed E-state index contributed by atoms with van der Waals surface area (Å²) in [4.78, 5) is 14.0. The molecular weight excluding hydrogens is 252 g/mol. The van der Waals surface area contributed by atoms with Crippen LogP contribution in [0, 0.1) is 5.92 Å². The molecule has 4 nitrogen and oxygen atoms in total. The molecule has 0 saturated heterocycles. The number of carbonyl (C=O) groups excluding carboxylic acids is 1. The summed E-state index contributed by atoms with van der Waals surface area (Å²) < 4.78 is 5.55. The quantitative estimate of drug-likeness (QED) is 0.889. The molecule has 1 unspecified atom stereocenters. The van der Waals surface area contributed by atoms with Crippen LogP contribution in [0.2, 0.25) is 0 Å². The van der Waals surface area contributed by atoms with Gasteiger partial charge in [-0.2, -0.15) is 0 Å². The Morgan fingerprint density at radius 1 is 1.45 bits per heavy atom. The summed E-state index contributed by atoms with van der Waals surface area (Å²) in [6.45, 7) is 1.45. The Hall–Kier alpha value is -1.55. The van der Waals surface area contributed by atoms with E-state index in [-0.39, 0.29) is 17.9 Å². The SMILES string of the molecule is CN(C)C(CNC(=O)C1CC1)c1ccc2c(c1)CCO2. The van der Waals surface area contributed by atoms with Gasteiger partial charge in [-0.25, -0.2) is 0 Å². The van der Waals surface area contributed by atoms with Crippen LogP contribution in [0.4, 0.5) is 0 Å². The minimum Gasteiger partial charge on any atom is -0.493 e. The summed E-state index contributed by atoms with van der Waals surface area (Å²) in [6, 6.07) is 6.59. The summed E-state index contributed by atoms with van der Waals surface area (Å²) >= 11 is 0. The van der Waals surface area contributed by atoms with Crippen molar-refractivity contribution in [1.29, 1.82) is 0 Å². The van der Waals surface area contributed by atoms with Gasteiger partial charge < -0.3 is 15.0 Å². The monoisotopic (exact) mass is 274 g/mol. The van der Waals surface area contributed by atoms with Gasteiger partial charge >= 0.3 is 0 Å². The van der Waals surface area contributed by atoms with Crippen molar-refractivity contribution in [3.8, 4) is 5.75 Å². The van der Waals surface area contributed by atoms with Gasteiger partial charge in [0.25, 0.3) is 0 Å². The Bertz CT molecular complexity index is 509. The fourth-order valence-corrected chi connectivity index (χ4v) is 2.70. The fraction of sp³-hybridized carbons (Fsp3) is 0.562. The van der Waals surface area contributed by atoms with E-state index in [2.05, 4.69) is 42.5 Å². The van der Waals surface area contributed by atoms with Crippen molar-refractivity contribution in [2.45, 2.75) is 25.3 Å². The minimum absolute atomic E-state index is 0.210. The highest BCUT2D eigenvalue weighted by Crippen LogP contribution is 2.31. The standard InChI is InChI=1S/C16H22N2O2/c1-18(2)14(10-17-16(19)11-3-4-11)12-5-6-15-13(9-12)7-8-20-15/h5-6,9,11,14H,3-4,7-8,10H2,1-2H3,(H,17,19). The van der Waals surface area contributed by atoms with Crippen molar-refractivity contribution in [2.24, 2.45) is 5.92 Å². The zero-order valence-corrected chi connectivity index (χ0v) is 12.2. The normalized spacial score (nSPS) is 18.6. The van der Waals surface area contributed by atoms with Crippen LogP contribution in [0.1, 0.15) is 30.0 Å². The number of hydrogen-bond donors (Lipinski definition) is 1. The smallest absolute Gasteiger partial charge is 0.223 e. The average Bonchev–Trinajstić information content (AvgIpc) is 3.17. The van der Waals surface area contributed by atoms with Crippen LogP contribution < -0.4 is 10.1 Å². The molecule has 1 saturated carbocycles. The molecule has 0 spiro atoms. The third-order valence-corrected chi connectivity index (χ3v) is 4.14. The van der Waals surface area contributed by atoms with Gasteiger partial charge in [0.15, 0.2) is 0 Å². The van der Waals surface area contributed by atoms with Crippen molar-refractivity contribution in [3.05, 3.63) is 29.3 Å². The van der Waals surface area contributed by atoms with Crippen LogP contribution in [0.5, 0.6) is 5.75 Å². The predicted molar refractivity (Wildman–Crippen MR) is 77.8 cm³/mol. The van der Waals surface area contributed by atoms with Crippen molar-refractivity contribution in [2.75, 3.05) is 27.2 Å². The molecule has 1 aromatic rings. The van der Waals surface area contributed by atoms with Gasteiger partial charge in [-0.05, 0) is 44.1 Å². The number of amides is 1. The molecular formula is C16H22N2O2. The second kappa shape index (κ2) is 5.44. The second-order valence-corrected chi connectivity index (χ2v) is 5.96. The molecule has 1 heterocycles. The fourth-order valence-electron chi connectivity index (χ4n) is 2.70. The molecule has 108 valence electrons. The van der Waals surface area contributed by atoms with E-state index >= 15 is 0 Å². The van der Waals surface area contributed by atoms with Gasteiger partial charge in [-0.1, -0.05) is 12.1 Å². The minimum atomic E-state index is 0.210. The molecule has 0 radical (unpaired) electrons. The topological polar surface area (TPSA) is 41.6 Å². The first-order chi connectivity index (χ1) is 9.65. The van der Waals surface area contributed by atoms with Gasteiger partial charge in [0.1, 0.15) is 5.75 Å². The van der Waals surface area contributed by atoms with Crippen LogP contribution in [0.15, 0.2) is 18.2 Å². The van der Waals surface area contributed by atoms with Crippen LogP contribution in [-0.2, 0) is 11.2 Å². The highest BCUT2D eigenvalue weighted by atomic mass is 16.5. The lowest BCUT2D eigenvalue weighted by Crippen LogP contribution is -2.35. The van der Waals surface area contributed by atoms with E-state index in [4.69, 9.17) is 4.74 Å². The van der Waals surface area contributed by atoms with Crippen molar-refractivity contribution >= 4 is 5.91 Å². The van der Waals surface area contributed by atoms with E-state index in [1.54, 1.807) is 0 Å². The number of hydrogen-bond acceptors (Lipinski definition) is 3. The Morgan fingerprint density at radius 2 is 2.25 bits per heavy atom. The molecule has 1 aromatic carbocycles. The van der Waals surface area contributed by atoms with Crippen molar-refractivity contribution in [3.63, 3.8) is 0 Å². The number of rotatable bonds is 5. The maximum absolute atomic E-state index is 11.8. The van der Waals surface area contributed by atoms with E-state index in [0.717, 1.165) is 31.6 Å². The van der Waals surface area contributed by atoms with E-state index in [0.29, 0.717) is 6.54 Å². The maximum Gasteiger partial charge on any atom is 0.223 e. The number of fused-ring (bicyclic) bond motifs is 1. The number of ether oxygens (including phenoxy) is 1. The first-order valence-electron chi connectivity index (χ1n) is 7.35. The van der Waals surface area contributed by atoms with Gasteiger partial charge in [0, 0.05) is 18.9 Å². The molecule has 1 atom stereocenters. The summed E-state index contributed by atoms with van der Waals surface area (Å²) in [5, 5.41) is 3.08. The van der Waals surface area contributed by atoms with E-state index in [1.165, 1.54) is 11.1 Å². The second-order valence-electron chi connectivity index (χ2n) is 5.96. The average molecular weight is 274 g/mol. The van der Waals surface area contributed by atoms with Crippen LogP contribution >= 0.6 is 0 Å². The highest BCUT2D eigenvalue weighted by Gasteiger charge is 2.30. The van der Waals surface area contributed by atoms with Crippen molar-refractivity contribution < 1.29 is 9.53 Å². The molecule has 0 aromatic heterocycles. The zero-order valence-electron chi connectivity index (χ0n) is 12.2. The molecule has 1 amide bonds. The third kappa shape index (κ3) is 2.80. The number of nitrogens with one attached hydrogen (secondary N) is 1. The molecule has 2 aliphatic rings. The Morgan fingerprint density at radius 3 is 2.95 bits per heavy atom.